The van der Waals surface area contributed by atoms with Gasteiger partial charge >= 0.3 is 0 Å². The minimum Gasteiger partial charge on any atom is -0.492 e. The van der Waals surface area contributed by atoms with Crippen LogP contribution in [0.5, 0.6) is 5.75 Å². The molecule has 0 radical (unpaired) electrons. The fraction of sp³-hybridized carbons (Fsp3) is 0.167. The van der Waals surface area contributed by atoms with E-state index in [4.69, 9.17) is 4.74 Å². The number of hydrogen-bond acceptors (Lipinski definition) is 4. The van der Waals surface area contributed by atoms with Gasteiger partial charge in [0.25, 0.3) is 10.0 Å². The second-order valence-corrected chi connectivity index (χ2v) is 9.08. The second-order valence-electron chi connectivity index (χ2n) is 7.40. The summed E-state index contributed by atoms with van der Waals surface area (Å²) in [5, 5.41) is 1.07. The molecule has 0 saturated carbocycles. The average molecular weight is 436 g/mol. The predicted molar refractivity (Wildman–Crippen MR) is 124 cm³/mol. The normalized spacial score (nSPS) is 11.7. The van der Waals surface area contributed by atoms with Crippen molar-refractivity contribution in [3.8, 4) is 5.75 Å². The van der Waals surface area contributed by atoms with Crippen molar-refractivity contribution < 1.29 is 13.2 Å². The van der Waals surface area contributed by atoms with Gasteiger partial charge < -0.3 is 9.72 Å². The topological polar surface area (TPSA) is 74.4 Å². The van der Waals surface area contributed by atoms with Crippen LogP contribution in [0, 0.1) is 0 Å². The smallest absolute Gasteiger partial charge is 0.261 e. The maximum atomic E-state index is 12.5. The first-order valence-electron chi connectivity index (χ1n) is 10.1. The number of sulfonamides is 1. The third-order valence-corrected chi connectivity index (χ3v) is 6.37. The number of ether oxygens (including phenoxy) is 1. The molecule has 0 aliphatic heterocycles. The van der Waals surface area contributed by atoms with Crippen LogP contribution in [0.2, 0.25) is 0 Å². The fourth-order valence-electron chi connectivity index (χ4n) is 3.43. The van der Waals surface area contributed by atoms with Crippen LogP contribution in [-0.4, -0.2) is 38.5 Å². The standard InChI is InChI=1S/C24H25N3O3S/c1-27(15-16-30-24-12-6-11-23-22(24)13-14-25-23)18-19-7-5-8-20(17-19)26-31(28,29)21-9-3-2-4-10-21/h2-14,17,25-26H,15-16,18H2,1H3. The van der Waals surface area contributed by atoms with Gasteiger partial charge in [0.1, 0.15) is 12.4 Å². The molecule has 1 aromatic heterocycles. The first kappa shape index (κ1) is 21.0. The molecular weight excluding hydrogens is 410 g/mol. The average Bonchev–Trinajstić information content (AvgIpc) is 3.24. The number of rotatable bonds is 9. The van der Waals surface area contributed by atoms with E-state index in [1.165, 1.54) is 0 Å². The molecule has 0 bridgehead atoms. The Morgan fingerprint density at radius 2 is 1.77 bits per heavy atom. The van der Waals surface area contributed by atoms with Gasteiger partial charge in [-0.3, -0.25) is 9.62 Å². The van der Waals surface area contributed by atoms with Crippen molar-refractivity contribution in [1.29, 1.82) is 0 Å². The Morgan fingerprint density at radius 1 is 0.968 bits per heavy atom. The summed E-state index contributed by atoms with van der Waals surface area (Å²) in [5.41, 5.74) is 2.62. The molecule has 0 unspecified atom stereocenters. The fourth-order valence-corrected chi connectivity index (χ4v) is 4.50. The van der Waals surface area contributed by atoms with Crippen molar-refractivity contribution in [3.63, 3.8) is 0 Å². The zero-order chi connectivity index (χ0) is 21.7. The highest BCUT2D eigenvalue weighted by Crippen LogP contribution is 2.24. The van der Waals surface area contributed by atoms with Gasteiger partial charge in [-0.05, 0) is 55.1 Å². The van der Waals surface area contributed by atoms with Crippen LogP contribution in [-0.2, 0) is 16.6 Å². The minimum atomic E-state index is -3.60. The molecule has 0 fully saturated rings. The quantitative estimate of drug-likeness (QED) is 0.407. The van der Waals surface area contributed by atoms with Crippen LogP contribution in [0.15, 0.2) is 90.0 Å². The maximum absolute atomic E-state index is 12.5. The largest absolute Gasteiger partial charge is 0.492 e. The molecule has 160 valence electrons. The molecule has 0 atom stereocenters. The Bertz CT molecular complexity index is 1250. The van der Waals surface area contributed by atoms with Crippen molar-refractivity contribution in [2.24, 2.45) is 0 Å². The lowest BCUT2D eigenvalue weighted by Crippen LogP contribution is -2.24. The number of aromatic nitrogens is 1. The molecule has 7 heteroatoms. The number of benzene rings is 3. The van der Waals surface area contributed by atoms with Gasteiger partial charge in [0.15, 0.2) is 0 Å². The molecular formula is C24H25N3O3S. The minimum absolute atomic E-state index is 0.243. The van der Waals surface area contributed by atoms with E-state index in [1.807, 2.05) is 55.7 Å². The molecule has 4 aromatic rings. The van der Waals surface area contributed by atoms with Crippen LogP contribution in [0.1, 0.15) is 5.56 Å². The third-order valence-electron chi connectivity index (χ3n) is 4.97. The molecule has 31 heavy (non-hydrogen) atoms. The van der Waals surface area contributed by atoms with E-state index in [-0.39, 0.29) is 4.90 Å². The number of likely N-dealkylation sites (N-methyl/N-ethyl adjacent to an activating group) is 1. The monoisotopic (exact) mass is 435 g/mol. The number of fused-ring (bicyclic) bond motifs is 1. The molecule has 3 aromatic carbocycles. The predicted octanol–water partition coefficient (Wildman–Crippen LogP) is 4.48. The number of aromatic amines is 1. The van der Waals surface area contributed by atoms with Crippen molar-refractivity contribution in [1.82, 2.24) is 9.88 Å². The number of nitrogens with zero attached hydrogens (tertiary/aromatic N) is 1. The molecule has 0 spiro atoms. The summed E-state index contributed by atoms with van der Waals surface area (Å²) in [4.78, 5) is 5.57. The van der Waals surface area contributed by atoms with Gasteiger partial charge in [-0.1, -0.05) is 36.4 Å². The van der Waals surface area contributed by atoms with Crippen LogP contribution in [0.3, 0.4) is 0 Å². The number of hydrogen-bond donors (Lipinski definition) is 2. The molecule has 0 amide bonds. The van der Waals surface area contributed by atoms with E-state index in [9.17, 15) is 8.42 Å². The Kier molecular flexibility index (Phi) is 6.25. The van der Waals surface area contributed by atoms with Gasteiger partial charge in [0.2, 0.25) is 0 Å². The number of H-pyrrole nitrogens is 1. The van der Waals surface area contributed by atoms with Gasteiger partial charge in [0.05, 0.1) is 4.90 Å². The van der Waals surface area contributed by atoms with Crippen molar-refractivity contribution in [2.45, 2.75) is 11.4 Å². The summed E-state index contributed by atoms with van der Waals surface area (Å²) in [6.07, 6.45) is 1.91. The number of nitrogens with one attached hydrogen (secondary N) is 2. The maximum Gasteiger partial charge on any atom is 0.261 e. The molecule has 0 saturated heterocycles. The first-order chi connectivity index (χ1) is 15.0. The molecule has 2 N–H and O–H groups in total. The van der Waals surface area contributed by atoms with Crippen LogP contribution >= 0.6 is 0 Å². The van der Waals surface area contributed by atoms with Gasteiger partial charge in [0, 0.05) is 35.9 Å². The third kappa shape index (κ3) is 5.25. The van der Waals surface area contributed by atoms with E-state index in [2.05, 4.69) is 14.6 Å². The van der Waals surface area contributed by atoms with Gasteiger partial charge in [-0.25, -0.2) is 8.42 Å². The lowest BCUT2D eigenvalue weighted by atomic mass is 10.2. The first-order valence-corrected chi connectivity index (χ1v) is 11.5. The highest BCUT2D eigenvalue weighted by molar-refractivity contribution is 7.92. The van der Waals surface area contributed by atoms with E-state index < -0.39 is 10.0 Å². The zero-order valence-electron chi connectivity index (χ0n) is 17.3. The van der Waals surface area contributed by atoms with Crippen molar-refractivity contribution >= 4 is 26.6 Å². The highest BCUT2D eigenvalue weighted by Gasteiger charge is 2.13. The second kappa shape index (κ2) is 9.24. The molecule has 0 aliphatic rings. The number of anilines is 1. The summed E-state index contributed by atoms with van der Waals surface area (Å²) in [6, 6.07) is 23.8. The van der Waals surface area contributed by atoms with E-state index >= 15 is 0 Å². The lowest BCUT2D eigenvalue weighted by molar-refractivity contribution is 0.234. The molecule has 4 rings (SSSR count). The van der Waals surface area contributed by atoms with E-state index in [0.717, 1.165) is 28.8 Å². The lowest BCUT2D eigenvalue weighted by Gasteiger charge is -2.18. The molecule has 0 aliphatic carbocycles. The Labute approximate surface area is 182 Å². The highest BCUT2D eigenvalue weighted by atomic mass is 32.2. The summed E-state index contributed by atoms with van der Waals surface area (Å²) < 4.78 is 33.7. The van der Waals surface area contributed by atoms with Crippen LogP contribution < -0.4 is 9.46 Å². The Morgan fingerprint density at radius 3 is 2.61 bits per heavy atom. The van der Waals surface area contributed by atoms with Crippen LogP contribution in [0.4, 0.5) is 5.69 Å². The van der Waals surface area contributed by atoms with Crippen molar-refractivity contribution in [2.75, 3.05) is 24.9 Å². The summed E-state index contributed by atoms with van der Waals surface area (Å²) in [7, 11) is -1.59. The van der Waals surface area contributed by atoms with Gasteiger partial charge in [-0.15, -0.1) is 0 Å². The SMILES string of the molecule is CN(CCOc1cccc2[nH]ccc12)Cc1cccc(NS(=O)(=O)c2ccccc2)c1. The van der Waals surface area contributed by atoms with Gasteiger partial charge in [-0.2, -0.15) is 0 Å². The Balaban J connectivity index is 1.33. The van der Waals surface area contributed by atoms with Crippen LogP contribution in [0.25, 0.3) is 10.9 Å². The summed E-state index contributed by atoms with van der Waals surface area (Å²) in [6.45, 7) is 1.97. The van der Waals surface area contributed by atoms with Crippen molar-refractivity contribution in [3.05, 3.63) is 90.6 Å². The zero-order valence-corrected chi connectivity index (χ0v) is 18.1. The molecule has 6 nitrogen and oxygen atoms in total. The summed E-state index contributed by atoms with van der Waals surface area (Å²) >= 11 is 0. The summed E-state index contributed by atoms with van der Waals surface area (Å²) in [5.74, 6) is 0.865. The Hall–Kier alpha value is -3.29. The van der Waals surface area contributed by atoms with E-state index in [0.29, 0.717) is 18.8 Å². The van der Waals surface area contributed by atoms with E-state index in [1.54, 1.807) is 36.4 Å². The molecule has 1 heterocycles.